The third kappa shape index (κ3) is 4.23. The lowest BCUT2D eigenvalue weighted by molar-refractivity contribution is 0.414. The smallest absolute Gasteiger partial charge is 0.137 e. The molecule has 0 aliphatic carbocycles. The fourth-order valence-electron chi connectivity index (χ4n) is 4.05. The molecule has 3 nitrogen and oxygen atoms in total. The van der Waals surface area contributed by atoms with Crippen molar-refractivity contribution in [3.8, 4) is 11.1 Å². The molecule has 0 unspecified atom stereocenters. The summed E-state index contributed by atoms with van der Waals surface area (Å²) in [7, 11) is 0. The van der Waals surface area contributed by atoms with Crippen LogP contribution in [0.2, 0.25) is 0 Å². The quantitative estimate of drug-likeness (QED) is 0.352. The first-order chi connectivity index (χ1) is 15.2. The van der Waals surface area contributed by atoms with Gasteiger partial charge in [-0.3, -0.25) is 4.90 Å². The lowest BCUT2D eigenvalue weighted by Crippen LogP contribution is -2.35. The standard InChI is InChI=1S/C28H29N3/c1-3-28(29,4-2)26-18-12-11-17-25(26)22-19-20-27(30-21-22)31(23-13-7-5-8-14-23)24-15-9-6-10-16-24/h5-21H,3-4,29H2,1-2H3. The van der Waals surface area contributed by atoms with Crippen LogP contribution in [-0.2, 0) is 5.54 Å². The van der Waals surface area contributed by atoms with Crippen molar-refractivity contribution in [1.29, 1.82) is 0 Å². The lowest BCUT2D eigenvalue weighted by atomic mass is 9.81. The predicted molar refractivity (Wildman–Crippen MR) is 131 cm³/mol. The van der Waals surface area contributed by atoms with E-state index in [2.05, 4.69) is 79.4 Å². The Morgan fingerprint density at radius 2 is 1.26 bits per heavy atom. The summed E-state index contributed by atoms with van der Waals surface area (Å²) in [4.78, 5) is 7.04. The molecule has 0 radical (unpaired) electrons. The first kappa shape index (κ1) is 20.8. The van der Waals surface area contributed by atoms with Gasteiger partial charge in [0.15, 0.2) is 0 Å². The fourth-order valence-corrected chi connectivity index (χ4v) is 4.05. The molecule has 1 heterocycles. The van der Waals surface area contributed by atoms with Crippen LogP contribution in [0.3, 0.4) is 0 Å². The maximum absolute atomic E-state index is 6.76. The van der Waals surface area contributed by atoms with Crippen molar-refractivity contribution in [2.24, 2.45) is 5.73 Å². The SMILES string of the molecule is CCC(N)(CC)c1ccccc1-c1ccc(N(c2ccccc2)c2ccccc2)nc1. The van der Waals surface area contributed by atoms with Gasteiger partial charge in [0.1, 0.15) is 5.82 Å². The van der Waals surface area contributed by atoms with Gasteiger partial charge >= 0.3 is 0 Å². The highest BCUT2D eigenvalue weighted by Gasteiger charge is 2.26. The van der Waals surface area contributed by atoms with Gasteiger partial charge in [0.2, 0.25) is 0 Å². The van der Waals surface area contributed by atoms with Crippen molar-refractivity contribution in [3.05, 3.63) is 109 Å². The number of para-hydroxylation sites is 2. The minimum Gasteiger partial charge on any atom is -0.321 e. The number of nitrogens with zero attached hydrogens (tertiary/aromatic N) is 2. The van der Waals surface area contributed by atoms with Crippen molar-refractivity contribution < 1.29 is 0 Å². The van der Waals surface area contributed by atoms with Gasteiger partial charge in [-0.1, -0.05) is 74.5 Å². The van der Waals surface area contributed by atoms with Crippen molar-refractivity contribution in [3.63, 3.8) is 0 Å². The topological polar surface area (TPSA) is 42.1 Å². The van der Waals surface area contributed by atoms with Gasteiger partial charge < -0.3 is 5.73 Å². The minimum absolute atomic E-state index is 0.338. The van der Waals surface area contributed by atoms with Crippen LogP contribution in [0.1, 0.15) is 32.3 Å². The van der Waals surface area contributed by atoms with E-state index in [0.29, 0.717) is 0 Å². The maximum Gasteiger partial charge on any atom is 0.137 e. The van der Waals surface area contributed by atoms with Crippen LogP contribution in [0.25, 0.3) is 11.1 Å². The van der Waals surface area contributed by atoms with Crippen LogP contribution >= 0.6 is 0 Å². The van der Waals surface area contributed by atoms with E-state index in [1.165, 1.54) is 5.56 Å². The monoisotopic (exact) mass is 407 g/mol. The molecule has 0 atom stereocenters. The normalized spacial score (nSPS) is 11.3. The predicted octanol–water partition coefficient (Wildman–Crippen LogP) is 7.19. The molecule has 4 aromatic rings. The third-order valence-electron chi connectivity index (χ3n) is 6.04. The number of rotatable bonds is 7. The van der Waals surface area contributed by atoms with Gasteiger partial charge in [0.25, 0.3) is 0 Å². The molecule has 2 N–H and O–H groups in total. The number of nitrogens with two attached hydrogens (primary N) is 1. The molecule has 0 aliphatic rings. The van der Waals surface area contributed by atoms with E-state index in [1.54, 1.807) is 0 Å². The third-order valence-corrected chi connectivity index (χ3v) is 6.04. The summed E-state index contributed by atoms with van der Waals surface area (Å²) < 4.78 is 0. The molecule has 0 amide bonds. The van der Waals surface area contributed by atoms with Crippen molar-refractivity contribution in [2.45, 2.75) is 32.2 Å². The molecule has 0 fully saturated rings. The first-order valence-electron chi connectivity index (χ1n) is 10.9. The summed E-state index contributed by atoms with van der Waals surface area (Å²) in [5.74, 6) is 0.878. The number of benzene rings is 3. The van der Waals surface area contributed by atoms with Crippen molar-refractivity contribution in [1.82, 2.24) is 4.98 Å². The Hall–Kier alpha value is -3.43. The van der Waals surface area contributed by atoms with Crippen molar-refractivity contribution >= 4 is 17.2 Å². The second kappa shape index (κ2) is 9.15. The van der Waals surface area contributed by atoms with E-state index in [1.807, 2.05) is 42.6 Å². The van der Waals surface area contributed by atoms with E-state index in [4.69, 9.17) is 10.7 Å². The minimum atomic E-state index is -0.338. The molecule has 0 spiro atoms. The van der Waals surface area contributed by atoms with Gasteiger partial charge in [-0.2, -0.15) is 0 Å². The lowest BCUT2D eigenvalue weighted by Gasteiger charge is -2.30. The van der Waals surface area contributed by atoms with Crippen LogP contribution < -0.4 is 10.6 Å². The molecule has 0 saturated heterocycles. The van der Waals surface area contributed by atoms with Crippen LogP contribution in [0.5, 0.6) is 0 Å². The molecule has 0 saturated carbocycles. The van der Waals surface area contributed by atoms with Gasteiger partial charge in [0.05, 0.1) is 0 Å². The van der Waals surface area contributed by atoms with Gasteiger partial charge in [-0.25, -0.2) is 4.98 Å². The van der Waals surface area contributed by atoms with Crippen LogP contribution in [0.15, 0.2) is 103 Å². The molecule has 4 rings (SSSR count). The highest BCUT2D eigenvalue weighted by molar-refractivity contribution is 5.76. The van der Waals surface area contributed by atoms with Crippen molar-refractivity contribution in [2.75, 3.05) is 4.90 Å². The Morgan fingerprint density at radius 3 is 1.77 bits per heavy atom. The number of anilines is 3. The zero-order valence-electron chi connectivity index (χ0n) is 18.2. The molecule has 156 valence electrons. The number of pyridine rings is 1. The molecular formula is C28H29N3. The molecule has 0 aliphatic heterocycles. The average molecular weight is 408 g/mol. The van der Waals surface area contributed by atoms with Crippen LogP contribution in [0.4, 0.5) is 17.2 Å². The Kier molecular flexibility index (Phi) is 6.15. The molecule has 1 aromatic heterocycles. The molecule has 3 heteroatoms. The first-order valence-corrected chi connectivity index (χ1v) is 10.9. The molecular weight excluding hydrogens is 378 g/mol. The number of hydrogen-bond donors (Lipinski definition) is 1. The van der Waals surface area contributed by atoms with E-state index in [9.17, 15) is 0 Å². The Labute approximate surface area is 185 Å². The second-order valence-electron chi connectivity index (χ2n) is 7.82. The average Bonchev–Trinajstić information content (AvgIpc) is 2.85. The zero-order valence-corrected chi connectivity index (χ0v) is 18.2. The number of hydrogen-bond acceptors (Lipinski definition) is 3. The largest absolute Gasteiger partial charge is 0.321 e. The molecule has 31 heavy (non-hydrogen) atoms. The van der Waals surface area contributed by atoms with E-state index in [0.717, 1.165) is 41.2 Å². The van der Waals surface area contributed by atoms with Gasteiger partial charge in [0, 0.05) is 28.7 Å². The zero-order chi connectivity index (χ0) is 21.7. The van der Waals surface area contributed by atoms with E-state index < -0.39 is 0 Å². The number of aromatic nitrogens is 1. The van der Waals surface area contributed by atoms with Gasteiger partial charge in [-0.15, -0.1) is 0 Å². The maximum atomic E-state index is 6.76. The molecule has 0 bridgehead atoms. The van der Waals surface area contributed by atoms with E-state index in [-0.39, 0.29) is 5.54 Å². The fraction of sp³-hybridized carbons (Fsp3) is 0.179. The van der Waals surface area contributed by atoms with E-state index >= 15 is 0 Å². The Balaban J connectivity index is 1.76. The second-order valence-corrected chi connectivity index (χ2v) is 7.82. The Bertz CT molecular complexity index is 1060. The van der Waals surface area contributed by atoms with Gasteiger partial charge in [-0.05, 0) is 60.4 Å². The Morgan fingerprint density at radius 1 is 0.710 bits per heavy atom. The van der Waals surface area contributed by atoms with Crippen LogP contribution in [0, 0.1) is 0 Å². The highest BCUT2D eigenvalue weighted by atomic mass is 15.2. The molecule has 3 aromatic carbocycles. The summed E-state index contributed by atoms with van der Waals surface area (Å²) in [6.45, 7) is 4.30. The highest BCUT2D eigenvalue weighted by Crippen LogP contribution is 2.36. The summed E-state index contributed by atoms with van der Waals surface area (Å²) in [5, 5.41) is 0. The van der Waals surface area contributed by atoms with Crippen LogP contribution in [-0.4, -0.2) is 4.98 Å². The summed E-state index contributed by atoms with van der Waals surface area (Å²) >= 11 is 0. The summed E-state index contributed by atoms with van der Waals surface area (Å²) in [6, 6.07) is 33.3. The summed E-state index contributed by atoms with van der Waals surface area (Å²) in [6.07, 6.45) is 3.74. The summed E-state index contributed by atoms with van der Waals surface area (Å²) in [5.41, 5.74) is 12.0.